The van der Waals surface area contributed by atoms with Gasteiger partial charge in [0.15, 0.2) is 0 Å². The Balaban J connectivity index is 2.05. The Kier molecular flexibility index (Phi) is 8.04. The SMILES string of the molecule is CCCCCCCCSc1ccccc1Br. The first kappa shape index (κ1) is 14.1. The van der Waals surface area contributed by atoms with Gasteiger partial charge in [-0.05, 0) is 40.2 Å². The molecule has 0 N–H and O–H groups in total. The maximum atomic E-state index is 3.58. The van der Waals surface area contributed by atoms with E-state index in [1.165, 1.54) is 53.6 Å². The molecule has 1 aromatic rings. The molecule has 0 unspecified atom stereocenters. The number of unbranched alkanes of at least 4 members (excludes halogenated alkanes) is 5. The molecule has 0 spiro atoms. The fourth-order valence-corrected chi connectivity index (χ4v) is 3.20. The second-order valence-electron chi connectivity index (χ2n) is 4.05. The monoisotopic (exact) mass is 300 g/mol. The third-order valence-electron chi connectivity index (χ3n) is 2.59. The molecule has 90 valence electrons. The molecule has 16 heavy (non-hydrogen) atoms. The highest BCUT2D eigenvalue weighted by atomic mass is 79.9. The van der Waals surface area contributed by atoms with Crippen molar-refractivity contribution in [3.05, 3.63) is 28.7 Å². The topological polar surface area (TPSA) is 0 Å². The second-order valence-corrected chi connectivity index (χ2v) is 6.04. The third kappa shape index (κ3) is 5.95. The van der Waals surface area contributed by atoms with Crippen molar-refractivity contribution in [2.45, 2.75) is 50.3 Å². The van der Waals surface area contributed by atoms with E-state index in [4.69, 9.17) is 0 Å². The first-order valence-electron chi connectivity index (χ1n) is 6.22. The normalized spacial score (nSPS) is 10.6. The Hall–Kier alpha value is 0.0500. The van der Waals surface area contributed by atoms with Crippen LogP contribution in [0.5, 0.6) is 0 Å². The molecule has 2 heteroatoms. The van der Waals surface area contributed by atoms with E-state index in [1.807, 2.05) is 11.8 Å². The number of benzene rings is 1. The fraction of sp³-hybridized carbons (Fsp3) is 0.571. The fourth-order valence-electron chi connectivity index (χ4n) is 1.63. The average molecular weight is 301 g/mol. The second kappa shape index (κ2) is 9.12. The first-order valence-corrected chi connectivity index (χ1v) is 7.99. The molecular formula is C14H21BrS. The predicted octanol–water partition coefficient (Wildman–Crippen LogP) is 5.90. The Morgan fingerprint density at radius 1 is 1.00 bits per heavy atom. The molecule has 0 saturated heterocycles. The molecule has 0 fully saturated rings. The minimum absolute atomic E-state index is 1.23. The van der Waals surface area contributed by atoms with Crippen molar-refractivity contribution >= 4 is 27.7 Å². The number of rotatable bonds is 8. The van der Waals surface area contributed by atoms with Gasteiger partial charge in [-0.1, -0.05) is 51.2 Å². The van der Waals surface area contributed by atoms with Gasteiger partial charge in [-0.25, -0.2) is 0 Å². The molecule has 1 aromatic carbocycles. The van der Waals surface area contributed by atoms with Crippen LogP contribution in [0.4, 0.5) is 0 Å². The van der Waals surface area contributed by atoms with Crippen LogP contribution in [-0.4, -0.2) is 5.75 Å². The molecule has 0 aliphatic heterocycles. The molecule has 1 rings (SSSR count). The molecule has 0 aliphatic rings. The van der Waals surface area contributed by atoms with Crippen LogP contribution in [0.2, 0.25) is 0 Å². The van der Waals surface area contributed by atoms with Gasteiger partial charge in [0.1, 0.15) is 0 Å². The Labute approximate surface area is 112 Å². The van der Waals surface area contributed by atoms with Gasteiger partial charge in [0.05, 0.1) is 0 Å². The van der Waals surface area contributed by atoms with Crippen LogP contribution in [0.1, 0.15) is 45.4 Å². The van der Waals surface area contributed by atoms with Gasteiger partial charge < -0.3 is 0 Å². The van der Waals surface area contributed by atoms with Crippen molar-refractivity contribution in [1.29, 1.82) is 0 Å². The highest BCUT2D eigenvalue weighted by molar-refractivity contribution is 9.10. The summed E-state index contributed by atoms with van der Waals surface area (Å²) >= 11 is 5.54. The number of thioether (sulfide) groups is 1. The van der Waals surface area contributed by atoms with E-state index in [9.17, 15) is 0 Å². The summed E-state index contributed by atoms with van der Waals surface area (Å²) in [5, 5.41) is 0. The lowest BCUT2D eigenvalue weighted by Crippen LogP contribution is -1.83. The van der Waals surface area contributed by atoms with Crippen LogP contribution in [-0.2, 0) is 0 Å². The van der Waals surface area contributed by atoms with Gasteiger partial charge in [0.25, 0.3) is 0 Å². The summed E-state index contributed by atoms with van der Waals surface area (Å²) in [7, 11) is 0. The lowest BCUT2D eigenvalue weighted by Gasteiger charge is -2.03. The minimum Gasteiger partial charge on any atom is -0.125 e. The summed E-state index contributed by atoms with van der Waals surface area (Å²) < 4.78 is 1.23. The van der Waals surface area contributed by atoms with E-state index in [0.717, 1.165) is 0 Å². The Morgan fingerprint density at radius 2 is 1.69 bits per heavy atom. The third-order valence-corrected chi connectivity index (χ3v) is 4.71. The van der Waals surface area contributed by atoms with Crippen LogP contribution in [0, 0.1) is 0 Å². The summed E-state index contributed by atoms with van der Waals surface area (Å²) in [6, 6.07) is 8.47. The summed E-state index contributed by atoms with van der Waals surface area (Å²) in [5.41, 5.74) is 0. The molecule has 0 aliphatic carbocycles. The summed E-state index contributed by atoms with van der Waals surface area (Å²) in [6.07, 6.45) is 8.29. The van der Waals surface area contributed by atoms with Gasteiger partial charge in [0, 0.05) is 9.37 Å². The largest absolute Gasteiger partial charge is 0.125 e. The lowest BCUT2D eigenvalue weighted by atomic mass is 10.1. The van der Waals surface area contributed by atoms with Gasteiger partial charge in [-0.3, -0.25) is 0 Å². The Morgan fingerprint density at radius 3 is 2.44 bits per heavy atom. The minimum atomic E-state index is 1.23. The van der Waals surface area contributed by atoms with E-state index in [-0.39, 0.29) is 0 Å². The van der Waals surface area contributed by atoms with Crippen LogP contribution in [0.25, 0.3) is 0 Å². The van der Waals surface area contributed by atoms with Crippen LogP contribution < -0.4 is 0 Å². The molecule has 0 amide bonds. The van der Waals surface area contributed by atoms with Crippen LogP contribution >= 0.6 is 27.7 Å². The van der Waals surface area contributed by atoms with Gasteiger partial charge in [-0.15, -0.1) is 11.8 Å². The number of halogens is 1. The molecule has 0 bridgehead atoms. The van der Waals surface area contributed by atoms with Crippen molar-refractivity contribution in [2.75, 3.05) is 5.75 Å². The summed E-state index contributed by atoms with van der Waals surface area (Å²) in [5.74, 6) is 1.24. The van der Waals surface area contributed by atoms with E-state index in [1.54, 1.807) is 0 Å². The summed E-state index contributed by atoms with van der Waals surface area (Å²) in [6.45, 7) is 2.27. The predicted molar refractivity (Wildman–Crippen MR) is 78.2 cm³/mol. The van der Waals surface area contributed by atoms with Crippen LogP contribution in [0.3, 0.4) is 0 Å². The van der Waals surface area contributed by atoms with Crippen molar-refractivity contribution in [3.8, 4) is 0 Å². The zero-order chi connectivity index (χ0) is 11.6. The van der Waals surface area contributed by atoms with Gasteiger partial charge in [-0.2, -0.15) is 0 Å². The lowest BCUT2D eigenvalue weighted by molar-refractivity contribution is 0.627. The van der Waals surface area contributed by atoms with E-state index in [0.29, 0.717) is 0 Å². The number of hydrogen-bond acceptors (Lipinski definition) is 1. The Bertz CT molecular complexity index is 286. The smallest absolute Gasteiger partial charge is 0.0311 e. The van der Waals surface area contributed by atoms with Gasteiger partial charge in [0.2, 0.25) is 0 Å². The van der Waals surface area contributed by atoms with E-state index in [2.05, 4.69) is 47.1 Å². The number of hydrogen-bond donors (Lipinski definition) is 0. The maximum Gasteiger partial charge on any atom is 0.0311 e. The molecular weight excluding hydrogens is 280 g/mol. The van der Waals surface area contributed by atoms with E-state index < -0.39 is 0 Å². The highest BCUT2D eigenvalue weighted by Crippen LogP contribution is 2.27. The molecule has 0 nitrogen and oxygen atoms in total. The highest BCUT2D eigenvalue weighted by Gasteiger charge is 1.98. The first-order chi connectivity index (χ1) is 7.84. The van der Waals surface area contributed by atoms with Crippen molar-refractivity contribution in [2.24, 2.45) is 0 Å². The van der Waals surface area contributed by atoms with Crippen LogP contribution in [0.15, 0.2) is 33.6 Å². The van der Waals surface area contributed by atoms with E-state index >= 15 is 0 Å². The molecule has 0 radical (unpaired) electrons. The zero-order valence-electron chi connectivity index (χ0n) is 10.0. The molecule has 0 atom stereocenters. The molecule has 0 heterocycles. The van der Waals surface area contributed by atoms with Crippen molar-refractivity contribution in [3.63, 3.8) is 0 Å². The maximum absolute atomic E-state index is 3.58. The molecule has 0 saturated carbocycles. The van der Waals surface area contributed by atoms with Gasteiger partial charge >= 0.3 is 0 Å². The quantitative estimate of drug-likeness (QED) is 0.425. The molecule has 0 aromatic heterocycles. The zero-order valence-corrected chi connectivity index (χ0v) is 12.4. The van der Waals surface area contributed by atoms with Crippen molar-refractivity contribution in [1.82, 2.24) is 0 Å². The standard InChI is InChI=1S/C14H21BrS/c1-2-3-4-5-6-9-12-16-14-11-8-7-10-13(14)15/h7-8,10-11H,2-6,9,12H2,1H3. The summed E-state index contributed by atoms with van der Waals surface area (Å²) in [4.78, 5) is 1.37. The average Bonchev–Trinajstić information content (AvgIpc) is 2.30. The van der Waals surface area contributed by atoms with Crippen molar-refractivity contribution < 1.29 is 0 Å².